The predicted octanol–water partition coefficient (Wildman–Crippen LogP) is 5.05. The van der Waals surface area contributed by atoms with E-state index in [1.54, 1.807) is 0 Å². The first-order chi connectivity index (χ1) is 8.22. The summed E-state index contributed by atoms with van der Waals surface area (Å²) in [6.45, 7) is 2.19. The summed E-state index contributed by atoms with van der Waals surface area (Å²) in [6.07, 6.45) is 8.44. The molecule has 1 aliphatic rings. The van der Waals surface area contributed by atoms with Crippen LogP contribution in [-0.4, -0.2) is 7.05 Å². The fourth-order valence-electron chi connectivity index (χ4n) is 2.94. The van der Waals surface area contributed by atoms with E-state index in [-0.39, 0.29) is 0 Å². The fourth-order valence-corrected chi connectivity index (χ4v) is 5.04. The van der Waals surface area contributed by atoms with Gasteiger partial charge in [0.2, 0.25) is 0 Å². The van der Waals surface area contributed by atoms with Crippen molar-refractivity contribution in [3.05, 3.63) is 20.3 Å². The third-order valence-electron chi connectivity index (χ3n) is 3.80. The van der Waals surface area contributed by atoms with Gasteiger partial charge in [-0.25, -0.2) is 0 Å². The molecule has 0 radical (unpaired) electrons. The van der Waals surface area contributed by atoms with E-state index in [2.05, 4.69) is 41.3 Å². The first-order valence-electron chi connectivity index (χ1n) is 6.65. The summed E-state index contributed by atoms with van der Waals surface area (Å²) in [6, 6.07) is 2.79. The second-order valence-electron chi connectivity index (χ2n) is 5.09. The quantitative estimate of drug-likeness (QED) is 0.770. The first-order valence-corrected chi connectivity index (χ1v) is 8.26. The molecular formula is C14H22BrNS. The van der Waals surface area contributed by atoms with Gasteiger partial charge in [0.25, 0.3) is 0 Å². The molecule has 1 aliphatic carbocycles. The Bertz CT molecular complexity index is 353. The smallest absolute Gasteiger partial charge is 0.0452 e. The Hall–Kier alpha value is 0.140. The van der Waals surface area contributed by atoms with Gasteiger partial charge in [0.15, 0.2) is 0 Å². The van der Waals surface area contributed by atoms with Gasteiger partial charge in [0.05, 0.1) is 0 Å². The van der Waals surface area contributed by atoms with Gasteiger partial charge < -0.3 is 5.32 Å². The minimum absolute atomic E-state index is 0.543. The Labute approximate surface area is 117 Å². The van der Waals surface area contributed by atoms with E-state index in [4.69, 9.17) is 0 Å². The lowest BCUT2D eigenvalue weighted by atomic mass is 9.91. The van der Waals surface area contributed by atoms with Crippen LogP contribution in [0, 0.1) is 12.8 Å². The molecule has 0 amide bonds. The van der Waals surface area contributed by atoms with Gasteiger partial charge in [-0.05, 0) is 54.7 Å². The van der Waals surface area contributed by atoms with E-state index >= 15 is 0 Å². The van der Waals surface area contributed by atoms with Crippen LogP contribution in [-0.2, 0) is 0 Å². The van der Waals surface area contributed by atoms with Crippen molar-refractivity contribution in [3.8, 4) is 0 Å². The van der Waals surface area contributed by atoms with Gasteiger partial charge in [-0.3, -0.25) is 0 Å². The lowest BCUT2D eigenvalue weighted by Crippen LogP contribution is -2.24. The minimum Gasteiger partial charge on any atom is -0.312 e. The maximum atomic E-state index is 3.72. The second-order valence-corrected chi connectivity index (χ2v) is 7.23. The number of halogens is 1. The molecule has 0 aliphatic heterocycles. The number of rotatable bonds is 3. The van der Waals surface area contributed by atoms with Crippen LogP contribution in [0.1, 0.15) is 54.3 Å². The van der Waals surface area contributed by atoms with E-state index in [9.17, 15) is 0 Å². The third kappa shape index (κ3) is 3.33. The second kappa shape index (κ2) is 6.35. The molecule has 0 bridgehead atoms. The van der Waals surface area contributed by atoms with Gasteiger partial charge in [0.1, 0.15) is 0 Å². The van der Waals surface area contributed by atoms with Crippen LogP contribution >= 0.6 is 27.3 Å². The molecule has 1 atom stereocenters. The largest absolute Gasteiger partial charge is 0.312 e. The van der Waals surface area contributed by atoms with Crippen molar-refractivity contribution >= 4 is 27.3 Å². The Kier molecular flexibility index (Phi) is 5.07. The van der Waals surface area contributed by atoms with Crippen LogP contribution in [0.2, 0.25) is 0 Å². The van der Waals surface area contributed by atoms with Crippen molar-refractivity contribution in [2.45, 2.75) is 51.5 Å². The van der Waals surface area contributed by atoms with Gasteiger partial charge in [-0.2, -0.15) is 0 Å². The Morgan fingerprint density at radius 3 is 2.41 bits per heavy atom. The molecule has 1 nitrogen and oxygen atoms in total. The van der Waals surface area contributed by atoms with Gasteiger partial charge in [0, 0.05) is 20.3 Å². The van der Waals surface area contributed by atoms with Crippen LogP contribution in [0.4, 0.5) is 0 Å². The van der Waals surface area contributed by atoms with Gasteiger partial charge in [-0.15, -0.1) is 11.3 Å². The third-order valence-corrected chi connectivity index (χ3v) is 5.85. The maximum absolute atomic E-state index is 3.72. The zero-order valence-electron chi connectivity index (χ0n) is 10.8. The van der Waals surface area contributed by atoms with Crippen LogP contribution in [0.15, 0.2) is 10.5 Å². The highest BCUT2D eigenvalue weighted by Crippen LogP contribution is 2.40. The molecule has 96 valence electrons. The molecule has 1 heterocycles. The van der Waals surface area contributed by atoms with Crippen molar-refractivity contribution in [2.24, 2.45) is 5.92 Å². The molecule has 1 unspecified atom stereocenters. The van der Waals surface area contributed by atoms with E-state index in [0.717, 1.165) is 5.92 Å². The van der Waals surface area contributed by atoms with Crippen LogP contribution in [0.25, 0.3) is 0 Å². The summed E-state index contributed by atoms with van der Waals surface area (Å²) in [5.41, 5.74) is 0. The highest BCUT2D eigenvalue weighted by atomic mass is 79.9. The van der Waals surface area contributed by atoms with Crippen molar-refractivity contribution in [1.29, 1.82) is 0 Å². The molecular weight excluding hydrogens is 294 g/mol. The Morgan fingerprint density at radius 2 is 1.94 bits per heavy atom. The van der Waals surface area contributed by atoms with Crippen molar-refractivity contribution in [2.75, 3.05) is 7.05 Å². The molecule has 1 aromatic heterocycles. The summed E-state index contributed by atoms with van der Waals surface area (Å²) in [4.78, 5) is 2.90. The molecule has 17 heavy (non-hydrogen) atoms. The van der Waals surface area contributed by atoms with Crippen LogP contribution < -0.4 is 5.32 Å². The van der Waals surface area contributed by atoms with Crippen molar-refractivity contribution < 1.29 is 0 Å². The number of hydrogen-bond donors (Lipinski definition) is 1. The summed E-state index contributed by atoms with van der Waals surface area (Å²) >= 11 is 5.65. The molecule has 0 spiro atoms. The topological polar surface area (TPSA) is 12.0 Å². The number of hydrogen-bond acceptors (Lipinski definition) is 2. The van der Waals surface area contributed by atoms with E-state index in [1.807, 2.05) is 11.3 Å². The highest BCUT2D eigenvalue weighted by molar-refractivity contribution is 9.10. The zero-order valence-corrected chi connectivity index (χ0v) is 13.2. The molecule has 0 aromatic carbocycles. The molecule has 3 heteroatoms. The predicted molar refractivity (Wildman–Crippen MR) is 79.7 cm³/mol. The minimum atomic E-state index is 0.543. The fraction of sp³-hybridized carbons (Fsp3) is 0.714. The van der Waals surface area contributed by atoms with Crippen LogP contribution in [0.5, 0.6) is 0 Å². The molecule has 0 saturated heterocycles. The molecule has 1 fully saturated rings. The van der Waals surface area contributed by atoms with E-state index in [0.29, 0.717) is 6.04 Å². The maximum Gasteiger partial charge on any atom is 0.0452 e. The van der Waals surface area contributed by atoms with E-state index in [1.165, 1.54) is 52.8 Å². The zero-order chi connectivity index (χ0) is 12.3. The molecule has 2 rings (SSSR count). The molecule has 1 aromatic rings. The summed E-state index contributed by atoms with van der Waals surface area (Å²) in [7, 11) is 2.11. The monoisotopic (exact) mass is 315 g/mol. The van der Waals surface area contributed by atoms with Gasteiger partial charge in [-0.1, -0.05) is 25.7 Å². The van der Waals surface area contributed by atoms with Crippen LogP contribution in [0.3, 0.4) is 0 Å². The Balaban J connectivity index is 2.16. The highest BCUT2D eigenvalue weighted by Gasteiger charge is 2.25. The summed E-state index contributed by atoms with van der Waals surface area (Å²) < 4.78 is 1.29. The summed E-state index contributed by atoms with van der Waals surface area (Å²) in [5.74, 6) is 0.817. The summed E-state index contributed by atoms with van der Waals surface area (Å²) in [5, 5.41) is 3.55. The molecule has 1 saturated carbocycles. The average molecular weight is 316 g/mol. The SMILES string of the molecule is CNC(c1sc(C)cc1Br)C1CCCCCC1. The lowest BCUT2D eigenvalue weighted by molar-refractivity contribution is 0.345. The standard InChI is InChI=1S/C14H22BrNS/c1-10-9-12(15)14(17-10)13(16-2)11-7-5-3-4-6-8-11/h9,11,13,16H,3-8H2,1-2H3. The number of nitrogens with one attached hydrogen (secondary N) is 1. The van der Waals surface area contributed by atoms with Gasteiger partial charge >= 0.3 is 0 Å². The van der Waals surface area contributed by atoms with Crippen molar-refractivity contribution in [1.82, 2.24) is 5.32 Å². The average Bonchev–Trinajstić information content (AvgIpc) is 2.55. The number of aryl methyl sites for hydroxylation is 1. The Morgan fingerprint density at radius 1 is 1.29 bits per heavy atom. The van der Waals surface area contributed by atoms with E-state index < -0.39 is 0 Å². The van der Waals surface area contributed by atoms with Crippen molar-refractivity contribution in [3.63, 3.8) is 0 Å². The normalized spacial score (nSPS) is 20.2. The first kappa shape index (κ1) is 13.6. The lowest BCUT2D eigenvalue weighted by Gasteiger charge is -2.25. The number of thiophene rings is 1. The molecule has 1 N–H and O–H groups in total.